The zero-order valence-corrected chi connectivity index (χ0v) is 56.7. The van der Waals surface area contributed by atoms with Gasteiger partial charge in [-0.3, -0.25) is 0 Å². The highest BCUT2D eigenvalue weighted by molar-refractivity contribution is 5.82. The maximum Gasteiger partial charge on any atom is 0.0135 e. The molecule has 8 saturated carbocycles. The summed E-state index contributed by atoms with van der Waals surface area (Å²) in [5.74, 6) is 0. The van der Waals surface area contributed by atoms with E-state index in [1.165, 1.54) is 257 Å². The Morgan fingerprint density at radius 2 is 0.337 bits per heavy atom. The second kappa shape index (κ2) is 22.2. The molecule has 0 aliphatic heterocycles. The van der Waals surface area contributed by atoms with E-state index in [1.807, 2.05) is 0 Å². The van der Waals surface area contributed by atoms with Crippen LogP contribution < -0.4 is 0 Å². The summed E-state index contributed by atoms with van der Waals surface area (Å²) in [6, 6.07) is 21.9. The number of rotatable bonds is 6. The molecule has 0 heteroatoms. The zero-order valence-electron chi connectivity index (χ0n) is 56.7. The number of allylic oxidation sites excluding steroid dienone is 16. The predicted octanol–water partition coefficient (Wildman–Crippen LogP) is 24.4. The highest BCUT2D eigenvalue weighted by Gasteiger charge is 2.51. The molecule has 0 unspecified atom stereocenters. The molecule has 0 saturated heterocycles. The van der Waals surface area contributed by atoms with Crippen molar-refractivity contribution >= 4 is 22.3 Å². The lowest BCUT2D eigenvalue weighted by Gasteiger charge is -2.47. The number of hydrogen-bond acceptors (Lipinski definition) is 0. The first-order chi connectivity index (χ1) is 45.2. The molecule has 0 aromatic heterocycles. The lowest BCUT2D eigenvalue weighted by molar-refractivity contribution is 0.306. The maximum absolute atomic E-state index is 2.77. The molecule has 8 spiro atoms. The lowest BCUT2D eigenvalue weighted by atomic mass is 9.56. The van der Waals surface area contributed by atoms with Gasteiger partial charge in [0.25, 0.3) is 0 Å². The number of benzene rings is 4. The highest BCUT2D eigenvalue weighted by atomic mass is 14.5. The van der Waals surface area contributed by atoms with Gasteiger partial charge in [-0.15, -0.1) is 0 Å². The molecule has 0 heterocycles. The average molecular weight is 1210 g/mol. The Labute approximate surface area is 555 Å². The van der Waals surface area contributed by atoms with Gasteiger partial charge in [-0.1, -0.05) is 250 Å². The topological polar surface area (TPSA) is 0 Å². The van der Waals surface area contributed by atoms with Crippen LogP contribution in [0.4, 0.5) is 0 Å². The second-order valence-electron chi connectivity index (χ2n) is 34.6. The summed E-state index contributed by atoms with van der Waals surface area (Å²) >= 11 is 0. The van der Waals surface area contributed by atoms with Crippen molar-refractivity contribution in [3.05, 3.63) is 210 Å². The molecule has 20 rings (SSSR count). The number of hydrogen-bond donors (Lipinski definition) is 0. The van der Waals surface area contributed by atoms with E-state index in [1.54, 1.807) is 111 Å². The largest absolute Gasteiger partial charge is 0.0770 e. The maximum atomic E-state index is 2.77. The zero-order chi connectivity index (χ0) is 60.8. The molecule has 8 fully saturated rings. The van der Waals surface area contributed by atoms with Crippen molar-refractivity contribution in [2.45, 2.75) is 326 Å². The third-order valence-electron chi connectivity index (χ3n) is 30.1. The van der Waals surface area contributed by atoms with Crippen LogP contribution in [0.1, 0.15) is 346 Å². The molecule has 4 aromatic rings. The molecule has 4 aromatic carbocycles. The first kappa shape index (κ1) is 58.2. The van der Waals surface area contributed by atoms with Crippen LogP contribution in [0.3, 0.4) is 0 Å². The Morgan fingerprint density at radius 1 is 0.185 bits per heavy atom. The lowest BCUT2D eigenvalue weighted by Crippen LogP contribution is -2.39. The van der Waals surface area contributed by atoms with Crippen LogP contribution in [0.2, 0.25) is 0 Å². The van der Waals surface area contributed by atoms with Crippen molar-refractivity contribution in [3.8, 4) is 0 Å². The van der Waals surface area contributed by atoms with Gasteiger partial charge >= 0.3 is 0 Å². The summed E-state index contributed by atoms with van der Waals surface area (Å²) in [6.45, 7) is 0. The monoisotopic (exact) mass is 1210 g/mol. The van der Waals surface area contributed by atoms with Gasteiger partial charge in [0.2, 0.25) is 0 Å². The van der Waals surface area contributed by atoms with Crippen LogP contribution in [0.25, 0.3) is 22.3 Å². The van der Waals surface area contributed by atoms with Crippen molar-refractivity contribution in [2.75, 3.05) is 0 Å². The summed E-state index contributed by atoms with van der Waals surface area (Å²) in [4.78, 5) is 0. The Kier molecular flexibility index (Phi) is 14.0. The molecule has 16 aliphatic rings. The fourth-order valence-corrected chi connectivity index (χ4v) is 24.8. The van der Waals surface area contributed by atoms with Crippen molar-refractivity contribution in [1.29, 1.82) is 0 Å². The van der Waals surface area contributed by atoms with Crippen LogP contribution in [0, 0.1) is 0 Å². The summed E-state index contributed by atoms with van der Waals surface area (Å²) in [5, 5.41) is 0. The van der Waals surface area contributed by atoms with Crippen molar-refractivity contribution < 1.29 is 0 Å². The standard InChI is InChI=1S/C48H58.C44H50/c1-5-19-45(20-6-1)27-29-47(23-9-3-10-24-47)43-33-39-35(15-17-37(39)31-41(43)45)13-14-36-16-18-38-32-42-44(34-40(36)38)48(25-11-4-12-26-48)30-28-46(42)21-7-2-8-22-46;1-2-16-41(15-1)23-25-43(19-5-6-20-43)39-29-35-31(11-13-33(35)27-37(39)41)9-10-32-12-14-34-28-38-40(30-36(32)34)44(21-7-8-22-44)26-24-42(38)17-3-4-18-42/h15-16,27-34H,1-14,17-26H2;11-12,23-30H,1-10,13-22H2. The van der Waals surface area contributed by atoms with Crippen molar-refractivity contribution in [3.63, 3.8) is 0 Å². The summed E-state index contributed by atoms with van der Waals surface area (Å²) < 4.78 is 0. The van der Waals surface area contributed by atoms with Gasteiger partial charge < -0.3 is 0 Å². The Balaban J connectivity index is 0.000000132. The fourth-order valence-electron chi connectivity index (χ4n) is 24.8. The van der Waals surface area contributed by atoms with Gasteiger partial charge in [0.15, 0.2) is 0 Å². The second-order valence-corrected chi connectivity index (χ2v) is 34.6. The van der Waals surface area contributed by atoms with E-state index in [2.05, 4.69) is 121 Å². The molecule has 16 aliphatic carbocycles. The molecule has 0 radical (unpaired) electrons. The minimum atomic E-state index is 0.296. The molecule has 0 nitrogen and oxygen atoms in total. The summed E-state index contributed by atoms with van der Waals surface area (Å²) in [7, 11) is 0. The number of fused-ring (bicyclic) bond motifs is 16. The summed E-state index contributed by atoms with van der Waals surface area (Å²) in [5.41, 5.74) is 36.0. The minimum Gasteiger partial charge on any atom is -0.0770 e. The normalized spacial score (nSPS) is 26.8. The molecule has 0 N–H and O–H groups in total. The quantitative estimate of drug-likeness (QED) is 0.169. The van der Waals surface area contributed by atoms with Crippen molar-refractivity contribution in [2.24, 2.45) is 0 Å². The van der Waals surface area contributed by atoms with Gasteiger partial charge in [-0.05, 0) is 265 Å². The third-order valence-corrected chi connectivity index (χ3v) is 30.1. The Bertz CT molecular complexity index is 3640. The van der Waals surface area contributed by atoms with Crippen LogP contribution in [-0.2, 0) is 69.0 Å². The molecule has 0 amide bonds. The average Bonchev–Trinajstić information content (AvgIpc) is 1.20. The molecular formula is C92H108. The van der Waals surface area contributed by atoms with E-state index in [4.69, 9.17) is 0 Å². The van der Waals surface area contributed by atoms with E-state index >= 15 is 0 Å². The minimum absolute atomic E-state index is 0.296. The first-order valence-electron chi connectivity index (χ1n) is 39.5. The van der Waals surface area contributed by atoms with Crippen molar-refractivity contribution in [1.82, 2.24) is 0 Å². The molecule has 0 bridgehead atoms. The van der Waals surface area contributed by atoms with E-state index < -0.39 is 0 Å². The molecule has 92 heavy (non-hydrogen) atoms. The van der Waals surface area contributed by atoms with Gasteiger partial charge in [-0.25, -0.2) is 0 Å². The van der Waals surface area contributed by atoms with E-state index in [0.717, 1.165) is 25.7 Å². The Hall–Kier alpha value is -5.20. The van der Waals surface area contributed by atoms with Crippen LogP contribution in [0.5, 0.6) is 0 Å². The summed E-state index contributed by atoms with van der Waals surface area (Å²) in [6.07, 6.45) is 91.4. The molecular weight excluding hydrogens is 1110 g/mol. The fraction of sp³-hybridized carbons (Fsp3) is 0.565. The first-order valence-corrected chi connectivity index (χ1v) is 39.5. The third kappa shape index (κ3) is 9.03. The Morgan fingerprint density at radius 3 is 0.511 bits per heavy atom. The molecule has 476 valence electrons. The SMILES string of the molecule is C1=CC2(CCCC2)c2cc3c(cc2C12CCCC2)CC=C3CCC1=CCc2cc3c(cc21)C1(C=CC32CCCC2)CCCC1.C1=CC2(CCCCC2)c2cc3c(cc2C12CCCCC2)CC=C3CCC1=CCc2cc3c(cc21)C1(C=CC32CCCCC2)CCCCC1. The van der Waals surface area contributed by atoms with E-state index in [0.29, 0.717) is 43.3 Å². The van der Waals surface area contributed by atoms with Crippen LogP contribution in [-0.4, -0.2) is 0 Å². The van der Waals surface area contributed by atoms with E-state index in [-0.39, 0.29) is 0 Å². The van der Waals surface area contributed by atoms with Gasteiger partial charge in [0.1, 0.15) is 0 Å². The predicted molar refractivity (Wildman–Crippen MR) is 387 cm³/mol. The van der Waals surface area contributed by atoms with Gasteiger partial charge in [0, 0.05) is 43.3 Å². The van der Waals surface area contributed by atoms with E-state index in [9.17, 15) is 0 Å². The molecule has 0 atom stereocenters. The van der Waals surface area contributed by atoms with Gasteiger partial charge in [0.05, 0.1) is 0 Å². The van der Waals surface area contributed by atoms with Crippen LogP contribution >= 0.6 is 0 Å². The highest BCUT2D eigenvalue weighted by Crippen LogP contribution is 2.61. The van der Waals surface area contributed by atoms with Gasteiger partial charge in [-0.2, -0.15) is 0 Å². The smallest absolute Gasteiger partial charge is 0.0135 e. The van der Waals surface area contributed by atoms with Crippen LogP contribution in [0.15, 0.2) is 121 Å².